The van der Waals surface area contributed by atoms with Gasteiger partial charge in [-0.1, -0.05) is 19.3 Å². The Morgan fingerprint density at radius 3 is 2.16 bits per heavy atom. The standard InChI is InChI=1S/C17H25N3O4.ClH/c1-23-13-8-12(9-14(10-13)24-2)20-15(21)11-19-16(22)17(18)6-4-3-5-7-17;/h8-10H,3-7,11,18H2,1-2H3,(H,19,22)(H,20,21);1H. The number of ether oxygens (including phenoxy) is 2. The number of nitrogens with one attached hydrogen (secondary N) is 2. The van der Waals surface area contributed by atoms with Gasteiger partial charge in [0.25, 0.3) is 0 Å². The molecule has 0 spiro atoms. The summed E-state index contributed by atoms with van der Waals surface area (Å²) in [5.74, 6) is 0.534. The zero-order valence-corrected chi connectivity index (χ0v) is 15.4. The third-order valence-electron chi connectivity index (χ3n) is 4.24. The van der Waals surface area contributed by atoms with Crippen LogP contribution in [0.25, 0.3) is 0 Å². The molecule has 0 aromatic heterocycles. The van der Waals surface area contributed by atoms with Crippen molar-refractivity contribution in [2.24, 2.45) is 5.73 Å². The fourth-order valence-electron chi connectivity index (χ4n) is 2.83. The maximum atomic E-state index is 12.2. The summed E-state index contributed by atoms with van der Waals surface area (Å²) in [4.78, 5) is 24.3. The lowest BCUT2D eigenvalue weighted by molar-refractivity contribution is -0.129. The molecule has 140 valence electrons. The van der Waals surface area contributed by atoms with Crippen LogP contribution in [0.5, 0.6) is 11.5 Å². The molecule has 0 saturated heterocycles. The van der Waals surface area contributed by atoms with E-state index < -0.39 is 5.54 Å². The third kappa shape index (κ3) is 5.79. The lowest BCUT2D eigenvalue weighted by atomic mass is 9.82. The first-order chi connectivity index (χ1) is 11.5. The molecular weight excluding hydrogens is 346 g/mol. The van der Waals surface area contributed by atoms with Crippen LogP contribution < -0.4 is 25.8 Å². The summed E-state index contributed by atoms with van der Waals surface area (Å²) in [7, 11) is 3.07. The molecule has 0 radical (unpaired) electrons. The fraction of sp³-hybridized carbons (Fsp3) is 0.529. The first kappa shape index (κ1) is 21.1. The van der Waals surface area contributed by atoms with Gasteiger partial charge >= 0.3 is 0 Å². The van der Waals surface area contributed by atoms with Gasteiger partial charge in [0.2, 0.25) is 11.8 Å². The topological polar surface area (TPSA) is 103 Å². The molecule has 0 aliphatic heterocycles. The second-order valence-corrected chi connectivity index (χ2v) is 6.05. The first-order valence-corrected chi connectivity index (χ1v) is 8.07. The second kappa shape index (κ2) is 9.48. The lowest BCUT2D eigenvalue weighted by Crippen LogP contribution is -2.56. The summed E-state index contributed by atoms with van der Waals surface area (Å²) in [5, 5.41) is 5.34. The van der Waals surface area contributed by atoms with E-state index in [9.17, 15) is 9.59 Å². The van der Waals surface area contributed by atoms with Gasteiger partial charge in [0, 0.05) is 23.9 Å². The molecule has 0 heterocycles. The molecule has 0 atom stereocenters. The number of benzene rings is 1. The highest BCUT2D eigenvalue weighted by molar-refractivity contribution is 5.96. The van der Waals surface area contributed by atoms with Crippen LogP contribution in [0.4, 0.5) is 5.69 Å². The number of hydrogen-bond acceptors (Lipinski definition) is 5. The fourth-order valence-corrected chi connectivity index (χ4v) is 2.83. The smallest absolute Gasteiger partial charge is 0.243 e. The summed E-state index contributed by atoms with van der Waals surface area (Å²) in [6.07, 6.45) is 4.31. The van der Waals surface area contributed by atoms with E-state index in [2.05, 4.69) is 10.6 Å². The summed E-state index contributed by atoms with van der Waals surface area (Å²) >= 11 is 0. The van der Waals surface area contributed by atoms with E-state index in [1.807, 2.05) is 0 Å². The van der Waals surface area contributed by atoms with Crippen molar-refractivity contribution in [1.29, 1.82) is 0 Å². The summed E-state index contributed by atoms with van der Waals surface area (Å²) in [6.45, 7) is -0.128. The van der Waals surface area contributed by atoms with Gasteiger partial charge in [-0.3, -0.25) is 9.59 Å². The van der Waals surface area contributed by atoms with Crippen LogP contribution in [0, 0.1) is 0 Å². The van der Waals surface area contributed by atoms with Crippen molar-refractivity contribution in [3.05, 3.63) is 18.2 Å². The van der Waals surface area contributed by atoms with Gasteiger partial charge in [-0.05, 0) is 12.8 Å². The molecule has 25 heavy (non-hydrogen) atoms. The quantitative estimate of drug-likeness (QED) is 0.708. The van der Waals surface area contributed by atoms with Gasteiger partial charge in [-0.2, -0.15) is 0 Å². The van der Waals surface area contributed by atoms with Gasteiger partial charge in [0.05, 0.1) is 26.3 Å². The Balaban J connectivity index is 0.00000312. The van der Waals surface area contributed by atoms with Crippen molar-refractivity contribution in [1.82, 2.24) is 5.32 Å². The largest absolute Gasteiger partial charge is 0.497 e. The Kier molecular flexibility index (Phi) is 7.99. The lowest BCUT2D eigenvalue weighted by Gasteiger charge is -2.31. The summed E-state index contributed by atoms with van der Waals surface area (Å²) in [6, 6.07) is 5.06. The van der Waals surface area contributed by atoms with Crippen LogP contribution >= 0.6 is 12.4 Å². The molecule has 7 nitrogen and oxygen atoms in total. The van der Waals surface area contributed by atoms with E-state index >= 15 is 0 Å². The van der Waals surface area contributed by atoms with Crippen molar-refractivity contribution >= 4 is 29.9 Å². The molecule has 1 aromatic rings. The SMILES string of the molecule is COc1cc(NC(=O)CNC(=O)C2(N)CCCCC2)cc(OC)c1.Cl. The molecule has 1 fully saturated rings. The Morgan fingerprint density at radius 1 is 1.08 bits per heavy atom. The zero-order valence-electron chi connectivity index (χ0n) is 14.6. The highest BCUT2D eigenvalue weighted by Gasteiger charge is 2.35. The van der Waals surface area contributed by atoms with Crippen molar-refractivity contribution in [2.75, 3.05) is 26.1 Å². The number of hydrogen-bond donors (Lipinski definition) is 3. The monoisotopic (exact) mass is 371 g/mol. The maximum absolute atomic E-state index is 12.2. The minimum Gasteiger partial charge on any atom is -0.497 e. The van der Waals surface area contributed by atoms with Gasteiger partial charge in [-0.25, -0.2) is 0 Å². The van der Waals surface area contributed by atoms with E-state index in [1.165, 1.54) is 14.2 Å². The zero-order chi connectivity index (χ0) is 17.6. The Morgan fingerprint density at radius 2 is 1.64 bits per heavy atom. The third-order valence-corrected chi connectivity index (χ3v) is 4.24. The van der Waals surface area contributed by atoms with E-state index in [0.29, 0.717) is 30.0 Å². The number of rotatable bonds is 6. The van der Waals surface area contributed by atoms with Crippen molar-refractivity contribution < 1.29 is 19.1 Å². The number of nitrogens with two attached hydrogens (primary N) is 1. The number of carbonyl (C=O) groups excluding carboxylic acids is 2. The van der Waals surface area contributed by atoms with Crippen LogP contribution in [-0.2, 0) is 9.59 Å². The average Bonchev–Trinajstić information content (AvgIpc) is 2.59. The molecule has 1 aliphatic carbocycles. The van der Waals surface area contributed by atoms with E-state index in [0.717, 1.165) is 19.3 Å². The molecule has 8 heteroatoms. The van der Waals surface area contributed by atoms with Crippen LogP contribution in [0.2, 0.25) is 0 Å². The van der Waals surface area contributed by atoms with Gasteiger partial charge in [0.15, 0.2) is 0 Å². The van der Waals surface area contributed by atoms with E-state index in [-0.39, 0.29) is 30.8 Å². The number of methoxy groups -OCH3 is 2. The highest BCUT2D eigenvalue weighted by atomic mass is 35.5. The molecule has 2 amide bonds. The predicted octanol–water partition coefficient (Wildman–Crippen LogP) is 1.84. The van der Waals surface area contributed by atoms with Crippen LogP contribution in [0.3, 0.4) is 0 Å². The summed E-state index contributed by atoms with van der Waals surface area (Å²) < 4.78 is 10.3. The molecule has 4 N–H and O–H groups in total. The van der Waals surface area contributed by atoms with E-state index in [4.69, 9.17) is 15.2 Å². The van der Waals surface area contributed by atoms with E-state index in [1.54, 1.807) is 18.2 Å². The first-order valence-electron chi connectivity index (χ1n) is 8.07. The maximum Gasteiger partial charge on any atom is 0.243 e. The minimum atomic E-state index is -0.849. The molecule has 2 rings (SSSR count). The number of amides is 2. The van der Waals surface area contributed by atoms with Crippen LogP contribution in [-0.4, -0.2) is 38.1 Å². The molecule has 0 unspecified atom stereocenters. The second-order valence-electron chi connectivity index (χ2n) is 6.05. The highest BCUT2D eigenvalue weighted by Crippen LogP contribution is 2.26. The Hall–Kier alpha value is -1.99. The number of anilines is 1. The molecule has 1 saturated carbocycles. The average molecular weight is 372 g/mol. The Bertz CT molecular complexity index is 581. The minimum absolute atomic E-state index is 0. The number of carbonyl (C=O) groups is 2. The van der Waals surface area contributed by atoms with Crippen molar-refractivity contribution in [3.63, 3.8) is 0 Å². The summed E-state index contributed by atoms with van der Waals surface area (Å²) in [5.41, 5.74) is 5.82. The van der Waals surface area contributed by atoms with Crippen molar-refractivity contribution in [3.8, 4) is 11.5 Å². The van der Waals surface area contributed by atoms with Crippen LogP contribution in [0.1, 0.15) is 32.1 Å². The Labute approximate surface area is 154 Å². The van der Waals surface area contributed by atoms with Crippen molar-refractivity contribution in [2.45, 2.75) is 37.6 Å². The van der Waals surface area contributed by atoms with Gasteiger partial charge in [0.1, 0.15) is 11.5 Å². The molecule has 1 aromatic carbocycles. The normalized spacial score (nSPS) is 15.5. The molecule has 1 aliphatic rings. The predicted molar refractivity (Wildman–Crippen MR) is 98.4 cm³/mol. The van der Waals surface area contributed by atoms with Gasteiger partial charge in [-0.15, -0.1) is 12.4 Å². The van der Waals surface area contributed by atoms with Gasteiger partial charge < -0.3 is 25.8 Å². The molecule has 0 bridgehead atoms. The number of halogens is 1. The van der Waals surface area contributed by atoms with Crippen LogP contribution in [0.15, 0.2) is 18.2 Å². The molecular formula is C17H26ClN3O4.